The van der Waals surface area contributed by atoms with Crippen LogP contribution in [-0.2, 0) is 9.59 Å². The maximum atomic E-state index is 11.8. The minimum Gasteiger partial charge on any atom is -0.497 e. The number of unbranched alkanes of at least 4 members (excludes halogenated alkanes) is 10. The van der Waals surface area contributed by atoms with Gasteiger partial charge in [0.15, 0.2) is 6.61 Å². The van der Waals surface area contributed by atoms with Gasteiger partial charge in [0.25, 0.3) is 5.91 Å². The number of carbonyl (C=O) groups excluding carboxylic acids is 2. The number of nitrogens with one attached hydrogen (secondary N) is 2. The van der Waals surface area contributed by atoms with Crippen LogP contribution in [-0.4, -0.2) is 25.5 Å². The fraction of sp³-hybridized carbons (Fsp3) is 0.652. The lowest BCUT2D eigenvalue weighted by Gasteiger charge is -2.09. The number of hydrogen-bond donors (Lipinski definition) is 2. The molecular weight excluding hydrogens is 368 g/mol. The van der Waals surface area contributed by atoms with Crippen molar-refractivity contribution in [2.75, 3.05) is 13.7 Å². The van der Waals surface area contributed by atoms with E-state index in [9.17, 15) is 9.59 Å². The van der Waals surface area contributed by atoms with E-state index < -0.39 is 5.91 Å². The zero-order chi connectivity index (χ0) is 21.2. The van der Waals surface area contributed by atoms with E-state index in [0.717, 1.165) is 18.6 Å². The molecule has 0 aromatic heterocycles. The fourth-order valence-corrected chi connectivity index (χ4v) is 3.01. The average molecular weight is 407 g/mol. The highest BCUT2D eigenvalue weighted by molar-refractivity contribution is 5.82. The molecular formula is C23H38N2O4. The van der Waals surface area contributed by atoms with E-state index in [1.54, 1.807) is 31.4 Å². The molecule has 6 heteroatoms. The SMILES string of the molecule is CCCCCCCCCCCCCC(=O)NNC(=O)COc1ccc(OC)cc1. The van der Waals surface area contributed by atoms with Gasteiger partial charge in [-0.05, 0) is 30.7 Å². The number of hydrazine groups is 1. The summed E-state index contributed by atoms with van der Waals surface area (Å²) in [6.45, 7) is 2.08. The molecule has 0 heterocycles. The van der Waals surface area contributed by atoms with Gasteiger partial charge in [-0.25, -0.2) is 0 Å². The van der Waals surface area contributed by atoms with Crippen LogP contribution >= 0.6 is 0 Å². The standard InChI is InChI=1S/C23H38N2O4/c1-3-4-5-6-7-8-9-10-11-12-13-14-22(26)24-25-23(27)19-29-21-17-15-20(28-2)16-18-21/h15-18H,3-14,19H2,1-2H3,(H,24,26)(H,25,27). The molecule has 6 nitrogen and oxygen atoms in total. The maximum absolute atomic E-state index is 11.8. The molecule has 2 amide bonds. The molecule has 0 aliphatic carbocycles. The Morgan fingerprint density at radius 3 is 1.76 bits per heavy atom. The zero-order valence-electron chi connectivity index (χ0n) is 18.1. The molecule has 0 unspecified atom stereocenters. The Morgan fingerprint density at radius 2 is 1.21 bits per heavy atom. The molecule has 0 radical (unpaired) electrons. The first kappa shape index (κ1) is 24.8. The van der Waals surface area contributed by atoms with Crippen LogP contribution in [0.25, 0.3) is 0 Å². The molecule has 0 bridgehead atoms. The number of carbonyl (C=O) groups is 2. The van der Waals surface area contributed by atoms with Gasteiger partial charge in [-0.3, -0.25) is 20.4 Å². The van der Waals surface area contributed by atoms with Crippen molar-refractivity contribution in [1.29, 1.82) is 0 Å². The fourth-order valence-electron chi connectivity index (χ4n) is 3.01. The molecule has 2 N–H and O–H groups in total. The van der Waals surface area contributed by atoms with Gasteiger partial charge in [-0.15, -0.1) is 0 Å². The van der Waals surface area contributed by atoms with Crippen LogP contribution in [0, 0.1) is 0 Å². The largest absolute Gasteiger partial charge is 0.497 e. The monoisotopic (exact) mass is 406 g/mol. The van der Waals surface area contributed by atoms with E-state index in [2.05, 4.69) is 17.8 Å². The summed E-state index contributed by atoms with van der Waals surface area (Å²) in [4.78, 5) is 23.5. The third kappa shape index (κ3) is 13.6. The average Bonchev–Trinajstić information content (AvgIpc) is 2.75. The molecule has 0 fully saturated rings. The Bertz CT molecular complexity index is 561. The van der Waals surface area contributed by atoms with Crippen molar-refractivity contribution in [2.24, 2.45) is 0 Å². The summed E-state index contributed by atoms with van der Waals surface area (Å²) in [5.41, 5.74) is 4.81. The Labute approximate surface area is 175 Å². The predicted molar refractivity (Wildman–Crippen MR) is 116 cm³/mol. The van der Waals surface area contributed by atoms with Gasteiger partial charge in [-0.2, -0.15) is 0 Å². The van der Waals surface area contributed by atoms with Gasteiger partial charge in [0, 0.05) is 6.42 Å². The molecule has 1 rings (SSSR count). The van der Waals surface area contributed by atoms with Gasteiger partial charge < -0.3 is 9.47 Å². The van der Waals surface area contributed by atoms with Gasteiger partial charge in [0.05, 0.1) is 7.11 Å². The quantitative estimate of drug-likeness (QED) is 0.302. The summed E-state index contributed by atoms with van der Waals surface area (Å²) in [7, 11) is 1.59. The zero-order valence-corrected chi connectivity index (χ0v) is 18.1. The first-order chi connectivity index (χ1) is 14.2. The molecule has 0 spiro atoms. The highest BCUT2D eigenvalue weighted by atomic mass is 16.5. The van der Waals surface area contributed by atoms with Crippen LogP contribution in [0.5, 0.6) is 11.5 Å². The van der Waals surface area contributed by atoms with Gasteiger partial charge >= 0.3 is 0 Å². The first-order valence-corrected chi connectivity index (χ1v) is 11.0. The Hall–Kier alpha value is -2.24. The number of amides is 2. The van der Waals surface area contributed by atoms with Crippen molar-refractivity contribution < 1.29 is 19.1 Å². The lowest BCUT2D eigenvalue weighted by Crippen LogP contribution is -2.43. The van der Waals surface area contributed by atoms with Crippen molar-refractivity contribution in [3.63, 3.8) is 0 Å². The molecule has 29 heavy (non-hydrogen) atoms. The summed E-state index contributed by atoms with van der Waals surface area (Å²) in [5, 5.41) is 0. The van der Waals surface area contributed by atoms with E-state index in [-0.39, 0.29) is 12.5 Å². The van der Waals surface area contributed by atoms with Crippen LogP contribution < -0.4 is 20.3 Å². The molecule has 0 aliphatic rings. The van der Waals surface area contributed by atoms with Crippen molar-refractivity contribution in [3.05, 3.63) is 24.3 Å². The lowest BCUT2D eigenvalue weighted by molar-refractivity contribution is -0.130. The lowest BCUT2D eigenvalue weighted by atomic mass is 10.1. The van der Waals surface area contributed by atoms with Crippen LogP contribution in [0.3, 0.4) is 0 Å². The maximum Gasteiger partial charge on any atom is 0.276 e. The summed E-state index contributed by atoms with van der Waals surface area (Å²) < 4.78 is 10.4. The van der Waals surface area contributed by atoms with Crippen molar-refractivity contribution in [1.82, 2.24) is 10.9 Å². The van der Waals surface area contributed by atoms with Gasteiger partial charge in [0.1, 0.15) is 11.5 Å². The van der Waals surface area contributed by atoms with Crippen molar-refractivity contribution >= 4 is 11.8 Å². The molecule has 0 saturated carbocycles. The van der Waals surface area contributed by atoms with Crippen LogP contribution in [0.15, 0.2) is 24.3 Å². The van der Waals surface area contributed by atoms with Crippen molar-refractivity contribution in [3.8, 4) is 11.5 Å². The van der Waals surface area contributed by atoms with Crippen LogP contribution in [0.2, 0.25) is 0 Å². The van der Waals surface area contributed by atoms with E-state index in [1.807, 2.05) is 0 Å². The Balaban J connectivity index is 1.94. The number of hydrogen-bond acceptors (Lipinski definition) is 4. The van der Waals surface area contributed by atoms with Crippen LogP contribution in [0.1, 0.15) is 84.0 Å². The van der Waals surface area contributed by atoms with E-state index in [0.29, 0.717) is 12.2 Å². The van der Waals surface area contributed by atoms with Crippen molar-refractivity contribution in [2.45, 2.75) is 84.0 Å². The van der Waals surface area contributed by atoms with E-state index in [1.165, 1.54) is 57.8 Å². The van der Waals surface area contributed by atoms with E-state index >= 15 is 0 Å². The molecule has 1 aromatic rings. The first-order valence-electron chi connectivity index (χ1n) is 11.0. The molecule has 1 aromatic carbocycles. The predicted octanol–water partition coefficient (Wildman–Crippen LogP) is 4.92. The Morgan fingerprint density at radius 1 is 0.724 bits per heavy atom. The normalized spacial score (nSPS) is 10.4. The topological polar surface area (TPSA) is 76.7 Å². The number of methoxy groups -OCH3 is 1. The number of benzene rings is 1. The molecule has 0 atom stereocenters. The minimum absolute atomic E-state index is 0.162. The van der Waals surface area contributed by atoms with Gasteiger partial charge in [-0.1, -0.05) is 71.1 Å². The van der Waals surface area contributed by atoms with Gasteiger partial charge in [0.2, 0.25) is 5.91 Å². The second kappa shape index (κ2) is 16.7. The highest BCUT2D eigenvalue weighted by Gasteiger charge is 2.06. The van der Waals surface area contributed by atoms with Crippen LogP contribution in [0.4, 0.5) is 0 Å². The third-order valence-corrected chi connectivity index (χ3v) is 4.78. The number of rotatable bonds is 16. The number of ether oxygens (including phenoxy) is 2. The minimum atomic E-state index is -0.395. The summed E-state index contributed by atoms with van der Waals surface area (Å²) >= 11 is 0. The molecule has 0 saturated heterocycles. The second-order valence-electron chi connectivity index (χ2n) is 7.35. The molecule has 164 valence electrons. The summed E-state index contributed by atoms with van der Waals surface area (Å²) in [6, 6.07) is 6.94. The smallest absolute Gasteiger partial charge is 0.276 e. The Kier molecular flexibility index (Phi) is 14.3. The second-order valence-corrected chi connectivity index (χ2v) is 7.35. The summed E-state index contributed by atoms with van der Waals surface area (Å²) in [6.07, 6.45) is 14.1. The van der Waals surface area contributed by atoms with E-state index in [4.69, 9.17) is 9.47 Å². The highest BCUT2D eigenvalue weighted by Crippen LogP contribution is 2.16. The summed E-state index contributed by atoms with van der Waals surface area (Å²) in [5.74, 6) is 0.719. The molecule has 0 aliphatic heterocycles. The third-order valence-electron chi connectivity index (χ3n) is 4.78.